The number of amides is 1. The number of aromatic nitrogens is 1. The first-order valence-corrected chi connectivity index (χ1v) is 4.59. The molecule has 0 saturated carbocycles. The number of pyridine rings is 1. The first-order chi connectivity index (χ1) is 6.70. The van der Waals surface area contributed by atoms with Crippen molar-refractivity contribution in [2.24, 2.45) is 0 Å². The van der Waals surface area contributed by atoms with Gasteiger partial charge in [0.1, 0.15) is 0 Å². The number of carboxylic acid groups (broad SMARTS) is 1. The fourth-order valence-corrected chi connectivity index (χ4v) is 1.84. The monoisotopic (exact) mass is 192 g/mol. The van der Waals surface area contributed by atoms with Crippen molar-refractivity contribution in [3.05, 3.63) is 30.1 Å². The largest absolute Gasteiger partial charge is 0.465 e. The summed E-state index contributed by atoms with van der Waals surface area (Å²) < 4.78 is 0. The molecule has 0 bridgehead atoms. The molecule has 1 fully saturated rings. The molecule has 74 valence electrons. The number of hydrogen-bond acceptors (Lipinski definition) is 2. The highest BCUT2D eigenvalue weighted by molar-refractivity contribution is 5.67. The van der Waals surface area contributed by atoms with Gasteiger partial charge in [-0.15, -0.1) is 0 Å². The molecule has 2 rings (SSSR count). The topological polar surface area (TPSA) is 53.4 Å². The zero-order chi connectivity index (χ0) is 10.1. The highest BCUT2D eigenvalue weighted by Crippen LogP contribution is 2.33. The van der Waals surface area contributed by atoms with Crippen LogP contribution in [0.15, 0.2) is 24.5 Å². The molecule has 0 aliphatic carbocycles. The molecular weight excluding hydrogens is 180 g/mol. The minimum absolute atomic E-state index is 0.0664. The van der Waals surface area contributed by atoms with Gasteiger partial charge < -0.3 is 10.0 Å². The summed E-state index contributed by atoms with van der Waals surface area (Å²) in [5.41, 5.74) is 1.12. The van der Waals surface area contributed by atoms with Gasteiger partial charge in [-0.05, 0) is 18.6 Å². The van der Waals surface area contributed by atoms with E-state index in [-0.39, 0.29) is 6.04 Å². The smallest absolute Gasteiger partial charge is 0.407 e. The van der Waals surface area contributed by atoms with E-state index < -0.39 is 6.09 Å². The molecule has 2 atom stereocenters. The van der Waals surface area contributed by atoms with E-state index in [9.17, 15) is 4.79 Å². The van der Waals surface area contributed by atoms with Gasteiger partial charge in [-0.25, -0.2) is 4.79 Å². The third-order valence-electron chi connectivity index (χ3n) is 2.83. The lowest BCUT2D eigenvalue weighted by molar-refractivity contribution is 0.0646. The van der Waals surface area contributed by atoms with E-state index in [0.717, 1.165) is 5.56 Å². The Morgan fingerprint density at radius 2 is 2.50 bits per heavy atom. The average Bonchev–Trinajstić information content (AvgIpc) is 2.17. The first-order valence-electron chi connectivity index (χ1n) is 4.59. The van der Waals surface area contributed by atoms with Gasteiger partial charge in [-0.1, -0.05) is 6.07 Å². The third-order valence-corrected chi connectivity index (χ3v) is 2.83. The Morgan fingerprint density at radius 3 is 3.00 bits per heavy atom. The summed E-state index contributed by atoms with van der Waals surface area (Å²) >= 11 is 0. The fourth-order valence-electron chi connectivity index (χ4n) is 1.84. The molecule has 1 aliphatic heterocycles. The van der Waals surface area contributed by atoms with Gasteiger partial charge in [0.15, 0.2) is 0 Å². The lowest BCUT2D eigenvalue weighted by Crippen LogP contribution is -2.55. The predicted octanol–water partition coefficient (Wildman–Crippen LogP) is 1.55. The minimum Gasteiger partial charge on any atom is -0.465 e. The van der Waals surface area contributed by atoms with Crippen molar-refractivity contribution in [2.75, 3.05) is 6.54 Å². The molecule has 1 aromatic rings. The summed E-state index contributed by atoms with van der Waals surface area (Å²) in [5.74, 6) is 0.305. The molecular formula is C10H12N2O2. The van der Waals surface area contributed by atoms with Crippen molar-refractivity contribution >= 4 is 6.09 Å². The molecule has 4 heteroatoms. The molecule has 1 N–H and O–H groups in total. The average molecular weight is 192 g/mol. The summed E-state index contributed by atoms with van der Waals surface area (Å²) in [5, 5.41) is 8.78. The van der Waals surface area contributed by atoms with Gasteiger partial charge in [0, 0.05) is 30.9 Å². The second-order valence-corrected chi connectivity index (χ2v) is 3.57. The van der Waals surface area contributed by atoms with Crippen LogP contribution in [0, 0.1) is 0 Å². The zero-order valence-electron chi connectivity index (χ0n) is 7.92. The van der Waals surface area contributed by atoms with Crippen molar-refractivity contribution in [2.45, 2.75) is 18.9 Å². The van der Waals surface area contributed by atoms with Gasteiger partial charge in [-0.3, -0.25) is 4.98 Å². The van der Waals surface area contributed by atoms with Crippen molar-refractivity contribution < 1.29 is 9.90 Å². The van der Waals surface area contributed by atoms with Crippen LogP contribution in [0.3, 0.4) is 0 Å². The number of nitrogens with zero attached hydrogens (tertiary/aromatic N) is 2. The molecule has 0 spiro atoms. The fraction of sp³-hybridized carbons (Fsp3) is 0.400. The molecule has 0 aromatic carbocycles. The van der Waals surface area contributed by atoms with Crippen LogP contribution in [0.4, 0.5) is 4.79 Å². The quantitative estimate of drug-likeness (QED) is 0.734. The number of likely N-dealkylation sites (tertiary alicyclic amines) is 1. The molecule has 1 aromatic heterocycles. The van der Waals surface area contributed by atoms with Crippen LogP contribution in [0.25, 0.3) is 0 Å². The molecule has 0 radical (unpaired) electrons. The van der Waals surface area contributed by atoms with E-state index >= 15 is 0 Å². The van der Waals surface area contributed by atoms with Crippen LogP contribution in [-0.4, -0.2) is 33.7 Å². The van der Waals surface area contributed by atoms with Gasteiger partial charge in [0.25, 0.3) is 0 Å². The van der Waals surface area contributed by atoms with Crippen molar-refractivity contribution in [1.29, 1.82) is 0 Å². The molecule has 0 unspecified atom stereocenters. The Balaban J connectivity index is 2.08. The Hall–Kier alpha value is -1.58. The molecule has 1 aliphatic rings. The van der Waals surface area contributed by atoms with E-state index in [2.05, 4.69) is 4.98 Å². The number of carbonyl (C=O) groups is 1. The lowest BCUT2D eigenvalue weighted by Gasteiger charge is -2.44. The van der Waals surface area contributed by atoms with Crippen LogP contribution in [0.1, 0.15) is 18.4 Å². The summed E-state index contributed by atoms with van der Waals surface area (Å²) in [6.45, 7) is 2.51. The molecule has 2 heterocycles. The summed E-state index contributed by atoms with van der Waals surface area (Å²) in [6, 6.07) is 3.94. The maximum absolute atomic E-state index is 10.7. The number of hydrogen-bond donors (Lipinski definition) is 1. The first kappa shape index (κ1) is 8.99. The summed E-state index contributed by atoms with van der Waals surface area (Å²) in [4.78, 5) is 16.1. The van der Waals surface area contributed by atoms with Crippen molar-refractivity contribution in [3.8, 4) is 0 Å². The van der Waals surface area contributed by atoms with Gasteiger partial charge in [0.05, 0.1) is 0 Å². The number of rotatable bonds is 1. The van der Waals surface area contributed by atoms with Crippen LogP contribution in [-0.2, 0) is 0 Å². The van der Waals surface area contributed by atoms with Crippen LogP contribution < -0.4 is 0 Å². The van der Waals surface area contributed by atoms with Gasteiger partial charge >= 0.3 is 6.09 Å². The maximum Gasteiger partial charge on any atom is 0.407 e. The minimum atomic E-state index is -0.836. The Kier molecular flexibility index (Phi) is 2.11. The zero-order valence-corrected chi connectivity index (χ0v) is 7.92. The molecule has 1 amide bonds. The van der Waals surface area contributed by atoms with Crippen LogP contribution >= 0.6 is 0 Å². The molecule has 1 saturated heterocycles. The van der Waals surface area contributed by atoms with Gasteiger partial charge in [-0.2, -0.15) is 0 Å². The second kappa shape index (κ2) is 3.29. The van der Waals surface area contributed by atoms with E-state index in [0.29, 0.717) is 12.5 Å². The van der Waals surface area contributed by atoms with Crippen molar-refractivity contribution in [1.82, 2.24) is 9.88 Å². The molecule has 14 heavy (non-hydrogen) atoms. The van der Waals surface area contributed by atoms with E-state index in [4.69, 9.17) is 5.11 Å². The highest BCUT2D eigenvalue weighted by atomic mass is 16.4. The predicted molar refractivity (Wildman–Crippen MR) is 51.2 cm³/mol. The summed E-state index contributed by atoms with van der Waals surface area (Å²) in [7, 11) is 0. The highest BCUT2D eigenvalue weighted by Gasteiger charge is 2.39. The Bertz CT molecular complexity index is 339. The normalized spacial score (nSPS) is 25.6. The van der Waals surface area contributed by atoms with Gasteiger partial charge in [0.2, 0.25) is 0 Å². The standard InChI is InChI=1S/C10H12N2O2/c1-7-9(6-12(7)10(13)14)8-3-2-4-11-5-8/h2-5,7,9H,6H2,1H3,(H,13,14)/t7-,9+/m1/s1. The third kappa shape index (κ3) is 1.32. The SMILES string of the molecule is C[C@@H]1[C@@H](c2cccnc2)CN1C(=O)O. The van der Waals surface area contributed by atoms with Crippen molar-refractivity contribution in [3.63, 3.8) is 0 Å². The summed E-state index contributed by atoms with van der Waals surface area (Å²) in [6.07, 6.45) is 2.69. The molecule has 4 nitrogen and oxygen atoms in total. The second-order valence-electron chi connectivity index (χ2n) is 3.57. The Morgan fingerprint density at radius 1 is 1.71 bits per heavy atom. The van der Waals surface area contributed by atoms with E-state index in [1.165, 1.54) is 4.90 Å². The van der Waals surface area contributed by atoms with E-state index in [1.807, 2.05) is 19.1 Å². The van der Waals surface area contributed by atoms with Crippen LogP contribution in [0.5, 0.6) is 0 Å². The Labute approximate surface area is 82.2 Å². The van der Waals surface area contributed by atoms with Crippen LogP contribution in [0.2, 0.25) is 0 Å². The maximum atomic E-state index is 10.7. The van der Waals surface area contributed by atoms with E-state index in [1.54, 1.807) is 12.4 Å². The lowest BCUT2D eigenvalue weighted by atomic mass is 9.85.